The summed E-state index contributed by atoms with van der Waals surface area (Å²) < 4.78 is 16.4. The fourth-order valence-corrected chi connectivity index (χ4v) is 5.12. The summed E-state index contributed by atoms with van der Waals surface area (Å²) in [5, 5.41) is 7.81. The van der Waals surface area contributed by atoms with Gasteiger partial charge in [0.1, 0.15) is 5.76 Å². The van der Waals surface area contributed by atoms with E-state index in [9.17, 15) is 4.79 Å². The Labute approximate surface area is 196 Å². The Balaban J connectivity index is 1.38. The van der Waals surface area contributed by atoms with Crippen LogP contribution in [0.5, 0.6) is 11.5 Å². The van der Waals surface area contributed by atoms with Crippen LogP contribution in [0.4, 0.5) is 0 Å². The Kier molecular flexibility index (Phi) is 7.91. The lowest BCUT2D eigenvalue weighted by atomic mass is 9.80. The molecule has 0 saturated carbocycles. The van der Waals surface area contributed by atoms with Crippen LogP contribution in [-0.2, 0) is 30.6 Å². The molecule has 1 aromatic carbocycles. The molecule has 1 saturated heterocycles. The van der Waals surface area contributed by atoms with E-state index in [1.54, 1.807) is 14.2 Å². The summed E-state index contributed by atoms with van der Waals surface area (Å²) in [7, 11) is 3.30. The van der Waals surface area contributed by atoms with E-state index >= 15 is 0 Å². The van der Waals surface area contributed by atoms with Crippen molar-refractivity contribution in [3.05, 3.63) is 40.8 Å². The highest BCUT2D eigenvalue weighted by Crippen LogP contribution is 2.34. The van der Waals surface area contributed by atoms with Gasteiger partial charge in [0, 0.05) is 32.0 Å². The quantitative estimate of drug-likeness (QED) is 0.620. The predicted octanol–water partition coefficient (Wildman–Crippen LogP) is 3.78. The van der Waals surface area contributed by atoms with Crippen LogP contribution in [0, 0.1) is 11.8 Å². The lowest BCUT2D eigenvalue weighted by molar-refractivity contribution is -0.133. The Morgan fingerprint density at radius 1 is 1.18 bits per heavy atom. The van der Waals surface area contributed by atoms with Gasteiger partial charge in [0.05, 0.1) is 19.9 Å². The van der Waals surface area contributed by atoms with Gasteiger partial charge in [-0.25, -0.2) is 0 Å². The number of carbonyl (C=O) groups is 1. The number of amides is 1. The zero-order valence-corrected chi connectivity index (χ0v) is 20.2. The maximum Gasteiger partial charge on any atom is 0.223 e. The number of aromatic nitrogens is 1. The van der Waals surface area contributed by atoms with Crippen LogP contribution >= 0.6 is 0 Å². The molecule has 1 N–H and O–H groups in total. The number of unbranched alkanes of at least 4 members (excludes halogenated alkanes) is 1. The molecule has 0 aliphatic carbocycles. The van der Waals surface area contributed by atoms with Crippen LogP contribution in [0.1, 0.15) is 55.2 Å². The van der Waals surface area contributed by atoms with Gasteiger partial charge >= 0.3 is 0 Å². The number of nitrogens with zero attached hydrogens (tertiary/aromatic N) is 2. The molecule has 1 fully saturated rings. The second-order valence-electron chi connectivity index (χ2n) is 9.35. The second kappa shape index (κ2) is 11.1. The van der Waals surface area contributed by atoms with Crippen molar-refractivity contribution in [2.75, 3.05) is 33.9 Å². The molecule has 2 unspecified atom stereocenters. The number of hydrogen-bond acceptors (Lipinski definition) is 6. The maximum absolute atomic E-state index is 13.3. The van der Waals surface area contributed by atoms with Crippen LogP contribution in [0.25, 0.3) is 0 Å². The summed E-state index contributed by atoms with van der Waals surface area (Å²) >= 11 is 0. The molecule has 2 atom stereocenters. The molecule has 0 bridgehead atoms. The zero-order valence-electron chi connectivity index (χ0n) is 20.2. The smallest absolute Gasteiger partial charge is 0.223 e. The third-order valence-corrected chi connectivity index (χ3v) is 7.13. The second-order valence-corrected chi connectivity index (χ2v) is 9.35. The van der Waals surface area contributed by atoms with Crippen LogP contribution in [0.15, 0.2) is 22.7 Å². The summed E-state index contributed by atoms with van der Waals surface area (Å²) in [5.74, 6) is 3.45. The molecule has 2 aliphatic heterocycles. The van der Waals surface area contributed by atoms with E-state index in [1.807, 2.05) is 17.0 Å². The van der Waals surface area contributed by atoms with Crippen LogP contribution < -0.4 is 14.8 Å². The Bertz CT molecular complexity index is 942. The standard InChI is InChI=1S/C26H37N3O4/c1-4-5-6-23-15-22(28-33-23)11-20-16-27-9-7-18(20)14-26(30)29-10-8-19-12-24(31-2)25(32-3)13-21(19)17-29/h12-13,15,18,20,27H,4-11,14,16-17H2,1-3H3. The number of piperidine rings is 1. The average molecular weight is 456 g/mol. The van der Waals surface area contributed by atoms with Gasteiger partial charge in [0.2, 0.25) is 5.91 Å². The van der Waals surface area contributed by atoms with Crippen molar-refractivity contribution >= 4 is 5.91 Å². The summed E-state index contributed by atoms with van der Waals surface area (Å²) in [6.07, 6.45) is 6.53. The summed E-state index contributed by atoms with van der Waals surface area (Å²) in [4.78, 5) is 15.3. The molecule has 4 rings (SSSR count). The van der Waals surface area contributed by atoms with E-state index in [4.69, 9.17) is 14.0 Å². The molecular weight excluding hydrogens is 418 g/mol. The van der Waals surface area contributed by atoms with Crippen molar-refractivity contribution in [3.63, 3.8) is 0 Å². The lowest BCUT2D eigenvalue weighted by Gasteiger charge is -2.35. The Morgan fingerprint density at radius 2 is 1.97 bits per heavy atom. The summed E-state index contributed by atoms with van der Waals surface area (Å²) in [6, 6.07) is 6.17. The SMILES string of the molecule is CCCCc1cc(CC2CNCCC2CC(=O)N2CCc3cc(OC)c(OC)cc3C2)no1. The molecule has 7 nitrogen and oxygen atoms in total. The molecule has 2 aromatic rings. The van der Waals surface area contributed by atoms with Crippen molar-refractivity contribution in [2.45, 2.75) is 58.4 Å². The van der Waals surface area contributed by atoms with E-state index in [1.165, 1.54) is 5.56 Å². The van der Waals surface area contributed by atoms with E-state index < -0.39 is 0 Å². The van der Waals surface area contributed by atoms with Gasteiger partial charge < -0.3 is 24.2 Å². The molecule has 3 heterocycles. The van der Waals surface area contributed by atoms with Crippen molar-refractivity contribution in [1.29, 1.82) is 0 Å². The molecule has 1 amide bonds. The molecular formula is C26H37N3O4. The van der Waals surface area contributed by atoms with Crippen LogP contribution in [-0.4, -0.2) is 49.8 Å². The first-order valence-electron chi connectivity index (χ1n) is 12.3. The first-order valence-corrected chi connectivity index (χ1v) is 12.3. The highest BCUT2D eigenvalue weighted by Gasteiger charge is 2.31. The predicted molar refractivity (Wildman–Crippen MR) is 127 cm³/mol. The number of fused-ring (bicyclic) bond motifs is 1. The van der Waals surface area contributed by atoms with E-state index in [2.05, 4.69) is 23.5 Å². The first-order chi connectivity index (χ1) is 16.1. The molecule has 33 heavy (non-hydrogen) atoms. The van der Waals surface area contributed by atoms with Gasteiger partial charge in [-0.05, 0) is 73.9 Å². The van der Waals surface area contributed by atoms with Gasteiger partial charge in [0.15, 0.2) is 11.5 Å². The van der Waals surface area contributed by atoms with E-state index in [0.29, 0.717) is 24.8 Å². The number of carbonyl (C=O) groups excluding carboxylic acids is 1. The van der Waals surface area contributed by atoms with E-state index in [0.717, 1.165) is 86.7 Å². The molecule has 180 valence electrons. The number of benzene rings is 1. The summed E-state index contributed by atoms with van der Waals surface area (Å²) in [6.45, 7) is 5.46. The van der Waals surface area contributed by atoms with Gasteiger partial charge in [-0.15, -0.1) is 0 Å². The highest BCUT2D eigenvalue weighted by molar-refractivity contribution is 5.77. The molecule has 7 heteroatoms. The van der Waals surface area contributed by atoms with Crippen molar-refractivity contribution in [1.82, 2.24) is 15.4 Å². The number of methoxy groups -OCH3 is 2. The van der Waals surface area contributed by atoms with Crippen molar-refractivity contribution in [2.24, 2.45) is 11.8 Å². The fraction of sp³-hybridized carbons (Fsp3) is 0.615. The Hall–Kier alpha value is -2.54. The lowest BCUT2D eigenvalue weighted by Crippen LogP contribution is -2.42. The third-order valence-electron chi connectivity index (χ3n) is 7.13. The van der Waals surface area contributed by atoms with Crippen molar-refractivity contribution in [3.8, 4) is 11.5 Å². The van der Waals surface area contributed by atoms with Crippen LogP contribution in [0.3, 0.4) is 0 Å². The fourth-order valence-electron chi connectivity index (χ4n) is 5.12. The molecule has 0 radical (unpaired) electrons. The number of hydrogen-bond donors (Lipinski definition) is 1. The largest absolute Gasteiger partial charge is 0.493 e. The molecule has 1 aromatic heterocycles. The van der Waals surface area contributed by atoms with E-state index in [-0.39, 0.29) is 5.91 Å². The van der Waals surface area contributed by atoms with Gasteiger partial charge in [-0.2, -0.15) is 0 Å². The van der Waals surface area contributed by atoms with Gasteiger partial charge in [0.25, 0.3) is 0 Å². The summed E-state index contributed by atoms with van der Waals surface area (Å²) in [5.41, 5.74) is 3.40. The average Bonchev–Trinajstić information content (AvgIpc) is 3.29. The molecule has 0 spiro atoms. The number of rotatable bonds is 9. The monoisotopic (exact) mass is 455 g/mol. The highest BCUT2D eigenvalue weighted by atomic mass is 16.5. The third kappa shape index (κ3) is 5.69. The minimum Gasteiger partial charge on any atom is -0.493 e. The topological polar surface area (TPSA) is 76.8 Å². The Morgan fingerprint density at radius 3 is 2.73 bits per heavy atom. The number of nitrogens with one attached hydrogen (secondary N) is 1. The first kappa shape index (κ1) is 23.6. The normalized spacial score (nSPS) is 20.4. The number of aryl methyl sites for hydroxylation is 1. The minimum absolute atomic E-state index is 0.246. The number of ether oxygens (including phenoxy) is 2. The van der Waals surface area contributed by atoms with Crippen LogP contribution in [0.2, 0.25) is 0 Å². The molecule has 2 aliphatic rings. The maximum atomic E-state index is 13.3. The van der Waals surface area contributed by atoms with Crippen molar-refractivity contribution < 1.29 is 18.8 Å². The minimum atomic E-state index is 0.246. The van der Waals surface area contributed by atoms with Gasteiger partial charge in [-0.1, -0.05) is 18.5 Å². The van der Waals surface area contributed by atoms with Gasteiger partial charge in [-0.3, -0.25) is 4.79 Å². The zero-order chi connectivity index (χ0) is 23.2.